The number of methoxy groups -OCH3 is 2. The van der Waals surface area contributed by atoms with Crippen LogP contribution < -0.4 is 5.32 Å². The van der Waals surface area contributed by atoms with E-state index in [1.54, 1.807) is 14.2 Å². The van der Waals surface area contributed by atoms with Gasteiger partial charge in [0.25, 0.3) is 0 Å². The number of benzene rings is 1. The van der Waals surface area contributed by atoms with Crippen LogP contribution in [0.25, 0.3) is 0 Å². The molecule has 2 atom stereocenters. The molecule has 0 radical (unpaired) electrons. The van der Waals surface area contributed by atoms with Crippen molar-refractivity contribution in [3.05, 3.63) is 34.3 Å². The molecular weight excluding hydrogens is 412 g/mol. The van der Waals surface area contributed by atoms with Crippen LogP contribution in [0.3, 0.4) is 0 Å². The second-order valence-corrected chi connectivity index (χ2v) is 8.60. The van der Waals surface area contributed by atoms with Gasteiger partial charge in [0, 0.05) is 37.2 Å². The molecule has 3 rings (SSSR count). The number of ether oxygens (including phenoxy) is 2. The van der Waals surface area contributed by atoms with E-state index in [1.807, 2.05) is 24.3 Å². The molecule has 1 saturated heterocycles. The molecule has 0 amide bonds. The minimum absolute atomic E-state index is 0.272. The summed E-state index contributed by atoms with van der Waals surface area (Å²) >= 11 is 9.09. The minimum atomic E-state index is -0.506. The number of hydrogen-bond acceptors (Lipinski definition) is 4. The van der Waals surface area contributed by atoms with Crippen LogP contribution in [0.5, 0.6) is 0 Å². The summed E-state index contributed by atoms with van der Waals surface area (Å²) in [7, 11) is 3.57. The van der Waals surface area contributed by atoms with E-state index in [9.17, 15) is 0 Å². The summed E-state index contributed by atoms with van der Waals surface area (Å²) in [6.45, 7) is 3.12. The molecule has 2 aliphatic rings. The third kappa shape index (κ3) is 4.30. The summed E-state index contributed by atoms with van der Waals surface area (Å²) in [5, 5.41) is 3.51. The first-order chi connectivity index (χ1) is 12.6. The lowest BCUT2D eigenvalue weighted by Gasteiger charge is -2.50. The van der Waals surface area contributed by atoms with Crippen molar-refractivity contribution in [3.63, 3.8) is 0 Å². The van der Waals surface area contributed by atoms with Crippen molar-refractivity contribution in [1.82, 2.24) is 10.2 Å². The van der Waals surface area contributed by atoms with Gasteiger partial charge in [-0.3, -0.25) is 4.90 Å². The van der Waals surface area contributed by atoms with E-state index in [0.717, 1.165) is 47.5 Å². The smallest absolute Gasteiger partial charge is 0.183 e. The minimum Gasteiger partial charge on any atom is -0.375 e. The van der Waals surface area contributed by atoms with Gasteiger partial charge < -0.3 is 14.8 Å². The van der Waals surface area contributed by atoms with E-state index in [0.29, 0.717) is 5.92 Å². The zero-order valence-corrected chi connectivity index (χ0v) is 18.1. The van der Waals surface area contributed by atoms with Gasteiger partial charge >= 0.3 is 0 Å². The average Bonchev–Trinajstić information content (AvgIpc) is 3.20. The summed E-state index contributed by atoms with van der Waals surface area (Å²) in [6, 6.07) is 8.42. The SMILES string of the molecule is COC1(OC)CCCC(CNC(=S)c2ccc(Br)cc2)C1N1CCCC1. The highest BCUT2D eigenvalue weighted by Gasteiger charge is 2.49. The summed E-state index contributed by atoms with van der Waals surface area (Å²) in [4.78, 5) is 3.38. The molecule has 1 aliphatic heterocycles. The molecule has 1 aromatic rings. The standard InChI is InChI=1S/C20H29BrN2O2S/c1-24-20(25-2)11-5-6-16(18(20)23-12-3-4-13-23)14-22-19(26)15-7-9-17(21)10-8-15/h7-10,16,18H,3-6,11-14H2,1-2H3,(H,22,26). The lowest BCUT2D eigenvalue weighted by Crippen LogP contribution is -2.61. The quantitative estimate of drug-likeness (QED) is 0.534. The van der Waals surface area contributed by atoms with Crippen LogP contribution >= 0.6 is 28.1 Å². The fourth-order valence-corrected chi connectivity index (χ4v) is 5.03. The monoisotopic (exact) mass is 440 g/mol. The normalized spacial score (nSPS) is 26.0. The van der Waals surface area contributed by atoms with Crippen molar-refractivity contribution < 1.29 is 9.47 Å². The Labute approximate surface area is 170 Å². The van der Waals surface area contributed by atoms with Gasteiger partial charge in [0.15, 0.2) is 5.79 Å². The Kier molecular flexibility index (Phi) is 7.08. The van der Waals surface area contributed by atoms with Crippen molar-refractivity contribution in [2.24, 2.45) is 5.92 Å². The van der Waals surface area contributed by atoms with Crippen molar-refractivity contribution in [3.8, 4) is 0 Å². The molecule has 26 heavy (non-hydrogen) atoms. The number of hydrogen-bond donors (Lipinski definition) is 1. The zero-order chi connectivity index (χ0) is 18.6. The Morgan fingerprint density at radius 2 is 1.85 bits per heavy atom. The number of rotatable bonds is 6. The van der Waals surface area contributed by atoms with Crippen LogP contribution in [-0.2, 0) is 9.47 Å². The fraction of sp³-hybridized carbons (Fsp3) is 0.650. The summed E-state index contributed by atoms with van der Waals surface area (Å²) in [6.07, 6.45) is 5.76. The van der Waals surface area contributed by atoms with Gasteiger partial charge in [-0.2, -0.15) is 0 Å². The van der Waals surface area contributed by atoms with Crippen molar-refractivity contribution in [2.45, 2.75) is 43.9 Å². The van der Waals surface area contributed by atoms with Crippen molar-refractivity contribution in [1.29, 1.82) is 0 Å². The molecule has 0 spiro atoms. The van der Waals surface area contributed by atoms with Crippen LogP contribution in [0.2, 0.25) is 0 Å². The first-order valence-electron chi connectivity index (χ1n) is 9.48. The van der Waals surface area contributed by atoms with E-state index in [2.05, 4.69) is 26.1 Å². The first kappa shape index (κ1) is 20.2. The first-order valence-corrected chi connectivity index (χ1v) is 10.7. The maximum atomic E-state index is 5.96. The number of likely N-dealkylation sites (tertiary alicyclic amines) is 1. The topological polar surface area (TPSA) is 33.7 Å². The van der Waals surface area contributed by atoms with Crippen LogP contribution in [0.15, 0.2) is 28.7 Å². The molecule has 6 heteroatoms. The molecule has 2 unspecified atom stereocenters. The number of nitrogens with one attached hydrogen (secondary N) is 1. The second-order valence-electron chi connectivity index (χ2n) is 7.28. The summed E-state index contributed by atoms with van der Waals surface area (Å²) in [5.74, 6) is -0.0519. The van der Waals surface area contributed by atoms with E-state index in [1.165, 1.54) is 19.3 Å². The highest BCUT2D eigenvalue weighted by molar-refractivity contribution is 9.10. The summed E-state index contributed by atoms with van der Waals surface area (Å²) in [5.41, 5.74) is 1.06. The molecule has 1 aromatic carbocycles. The fourth-order valence-electron chi connectivity index (χ4n) is 4.54. The van der Waals surface area contributed by atoms with Gasteiger partial charge in [-0.1, -0.05) is 40.3 Å². The zero-order valence-electron chi connectivity index (χ0n) is 15.7. The predicted octanol–water partition coefficient (Wildman–Crippen LogP) is 3.97. The van der Waals surface area contributed by atoms with Gasteiger partial charge in [0.2, 0.25) is 0 Å². The molecule has 4 nitrogen and oxygen atoms in total. The highest BCUT2D eigenvalue weighted by Crippen LogP contribution is 2.40. The lowest BCUT2D eigenvalue weighted by atomic mass is 9.78. The van der Waals surface area contributed by atoms with E-state index < -0.39 is 5.79 Å². The molecular formula is C20H29BrN2O2S. The Morgan fingerprint density at radius 3 is 2.46 bits per heavy atom. The van der Waals surface area contributed by atoms with E-state index in [-0.39, 0.29) is 6.04 Å². The van der Waals surface area contributed by atoms with Gasteiger partial charge in [0.05, 0.1) is 6.04 Å². The third-order valence-corrected chi connectivity index (χ3v) is 6.76. The number of nitrogens with zero attached hydrogens (tertiary/aromatic N) is 1. The third-order valence-electron chi connectivity index (χ3n) is 5.85. The number of thiocarbonyl (C=S) groups is 1. The second kappa shape index (κ2) is 9.11. The molecule has 2 fully saturated rings. The highest BCUT2D eigenvalue weighted by atomic mass is 79.9. The molecule has 0 aromatic heterocycles. The Bertz CT molecular complexity index is 600. The molecule has 0 bridgehead atoms. The molecule has 1 N–H and O–H groups in total. The molecule has 1 heterocycles. The van der Waals surface area contributed by atoms with E-state index in [4.69, 9.17) is 21.7 Å². The maximum absolute atomic E-state index is 5.96. The van der Waals surface area contributed by atoms with Gasteiger partial charge in [-0.15, -0.1) is 0 Å². The predicted molar refractivity (Wildman–Crippen MR) is 113 cm³/mol. The molecule has 144 valence electrons. The average molecular weight is 441 g/mol. The largest absolute Gasteiger partial charge is 0.375 e. The summed E-state index contributed by atoms with van der Waals surface area (Å²) < 4.78 is 13.0. The Balaban J connectivity index is 1.71. The Hall–Kier alpha value is -0.530. The van der Waals surface area contributed by atoms with Gasteiger partial charge in [0.1, 0.15) is 4.99 Å². The van der Waals surface area contributed by atoms with Crippen LogP contribution in [0.4, 0.5) is 0 Å². The van der Waals surface area contributed by atoms with Crippen molar-refractivity contribution in [2.75, 3.05) is 33.9 Å². The van der Waals surface area contributed by atoms with Crippen LogP contribution in [0, 0.1) is 5.92 Å². The maximum Gasteiger partial charge on any atom is 0.183 e. The number of halogens is 1. The molecule has 1 saturated carbocycles. The lowest BCUT2D eigenvalue weighted by molar-refractivity contribution is -0.266. The van der Waals surface area contributed by atoms with Gasteiger partial charge in [-0.25, -0.2) is 0 Å². The van der Waals surface area contributed by atoms with Crippen molar-refractivity contribution >= 4 is 33.1 Å². The van der Waals surface area contributed by atoms with Crippen LogP contribution in [0.1, 0.15) is 37.7 Å². The molecule has 1 aliphatic carbocycles. The Morgan fingerprint density at radius 1 is 1.19 bits per heavy atom. The van der Waals surface area contributed by atoms with Crippen LogP contribution in [-0.4, -0.2) is 55.6 Å². The van der Waals surface area contributed by atoms with E-state index >= 15 is 0 Å². The van der Waals surface area contributed by atoms with Gasteiger partial charge in [-0.05, 0) is 56.8 Å².